The van der Waals surface area contributed by atoms with Crippen LogP contribution in [0.2, 0.25) is 24.2 Å². The first kappa shape index (κ1) is 22.9. The molecule has 3 aliphatic rings. The highest BCUT2D eigenvalue weighted by atomic mass is 28.3. The molecular formula is C26H50OSi. The first-order chi connectivity index (χ1) is 13.0. The van der Waals surface area contributed by atoms with E-state index in [0.717, 1.165) is 52.5 Å². The van der Waals surface area contributed by atoms with Gasteiger partial charge in [0.25, 0.3) is 0 Å². The van der Waals surface area contributed by atoms with Crippen molar-refractivity contribution in [1.82, 2.24) is 0 Å². The number of hydrogen-bond donors (Lipinski definition) is 0. The fraction of sp³-hybridized carbons (Fsp3) is 1.00. The molecule has 1 nitrogen and oxygen atoms in total. The molecule has 0 aromatic heterocycles. The molecule has 0 heterocycles. The lowest BCUT2D eigenvalue weighted by atomic mass is 9.75. The predicted octanol–water partition coefficient (Wildman–Crippen LogP) is 8.02. The SMILES string of the molecule is CC1C(C)C(C)C([Si](C)(C)C2CCC(O[C@H]3C[C@H](C)CC[C@H]3C(C)C)C2)C1C. The summed E-state index contributed by atoms with van der Waals surface area (Å²) in [7, 11) is -1.29. The minimum Gasteiger partial charge on any atom is -0.375 e. The van der Waals surface area contributed by atoms with Crippen molar-refractivity contribution in [2.75, 3.05) is 0 Å². The Morgan fingerprint density at radius 3 is 1.93 bits per heavy atom. The molecule has 0 radical (unpaired) electrons. The smallest absolute Gasteiger partial charge is 0.0612 e. The van der Waals surface area contributed by atoms with Crippen LogP contribution >= 0.6 is 0 Å². The molecular weight excluding hydrogens is 356 g/mol. The molecule has 3 saturated carbocycles. The highest BCUT2D eigenvalue weighted by Crippen LogP contribution is 2.58. The topological polar surface area (TPSA) is 9.23 Å². The van der Waals surface area contributed by atoms with Crippen molar-refractivity contribution in [3.8, 4) is 0 Å². The van der Waals surface area contributed by atoms with Crippen LogP contribution in [0.25, 0.3) is 0 Å². The van der Waals surface area contributed by atoms with Crippen molar-refractivity contribution in [1.29, 1.82) is 0 Å². The Morgan fingerprint density at radius 1 is 0.750 bits per heavy atom. The molecule has 2 heteroatoms. The summed E-state index contributed by atoms with van der Waals surface area (Å²) in [6.45, 7) is 22.9. The molecule has 0 aromatic rings. The van der Waals surface area contributed by atoms with Crippen molar-refractivity contribution in [3.05, 3.63) is 0 Å². The van der Waals surface area contributed by atoms with Crippen molar-refractivity contribution in [2.24, 2.45) is 41.4 Å². The van der Waals surface area contributed by atoms with Crippen molar-refractivity contribution < 1.29 is 4.74 Å². The molecule has 3 rings (SSSR count). The molecule has 0 N–H and O–H groups in total. The maximum atomic E-state index is 6.90. The zero-order valence-electron chi connectivity index (χ0n) is 20.5. The van der Waals surface area contributed by atoms with E-state index in [0.29, 0.717) is 12.2 Å². The first-order valence-corrected chi connectivity index (χ1v) is 15.8. The molecule has 0 bridgehead atoms. The summed E-state index contributed by atoms with van der Waals surface area (Å²) in [6.07, 6.45) is 9.31. The summed E-state index contributed by atoms with van der Waals surface area (Å²) < 4.78 is 6.90. The minimum absolute atomic E-state index is 0.529. The maximum Gasteiger partial charge on any atom is 0.0612 e. The lowest BCUT2D eigenvalue weighted by Crippen LogP contribution is -2.42. The van der Waals surface area contributed by atoms with Gasteiger partial charge in [-0.25, -0.2) is 0 Å². The Hall–Kier alpha value is 0.177. The van der Waals surface area contributed by atoms with E-state index in [1.807, 2.05) is 0 Å². The molecule has 0 saturated heterocycles. The van der Waals surface area contributed by atoms with Crippen LogP contribution in [0, 0.1) is 41.4 Å². The molecule has 9 atom stereocenters. The number of ether oxygens (including phenoxy) is 1. The minimum atomic E-state index is -1.29. The number of rotatable bonds is 5. The lowest BCUT2D eigenvalue weighted by molar-refractivity contribution is -0.0773. The fourth-order valence-electron chi connectivity index (χ4n) is 7.98. The van der Waals surface area contributed by atoms with Crippen molar-refractivity contribution >= 4 is 8.07 Å². The van der Waals surface area contributed by atoms with Gasteiger partial charge in [0.2, 0.25) is 0 Å². The van der Waals surface area contributed by atoms with Crippen LogP contribution < -0.4 is 0 Å². The van der Waals surface area contributed by atoms with Gasteiger partial charge in [-0.05, 0) is 78.2 Å². The van der Waals surface area contributed by atoms with Crippen LogP contribution in [-0.2, 0) is 4.74 Å². The van der Waals surface area contributed by atoms with E-state index < -0.39 is 8.07 Å². The Labute approximate surface area is 177 Å². The van der Waals surface area contributed by atoms with Gasteiger partial charge < -0.3 is 4.74 Å². The molecule has 3 aliphatic carbocycles. The van der Waals surface area contributed by atoms with Gasteiger partial charge in [-0.15, -0.1) is 0 Å². The summed E-state index contributed by atoms with van der Waals surface area (Å²) in [6, 6.07) is 0. The quantitative estimate of drug-likeness (QED) is 0.420. The summed E-state index contributed by atoms with van der Waals surface area (Å²) in [4.78, 5) is 0. The van der Waals surface area contributed by atoms with Gasteiger partial charge >= 0.3 is 0 Å². The van der Waals surface area contributed by atoms with Crippen molar-refractivity contribution in [2.45, 2.75) is 123 Å². The second kappa shape index (κ2) is 8.73. The molecule has 0 spiro atoms. The third kappa shape index (κ3) is 4.29. The molecule has 6 unspecified atom stereocenters. The van der Waals surface area contributed by atoms with Crippen LogP contribution in [-0.4, -0.2) is 20.3 Å². The maximum absolute atomic E-state index is 6.90. The summed E-state index contributed by atoms with van der Waals surface area (Å²) >= 11 is 0. The van der Waals surface area contributed by atoms with Crippen LogP contribution in [0.3, 0.4) is 0 Å². The summed E-state index contributed by atoms with van der Waals surface area (Å²) in [5.74, 6) is 6.03. The van der Waals surface area contributed by atoms with Gasteiger partial charge in [-0.3, -0.25) is 0 Å². The average Bonchev–Trinajstić information content (AvgIpc) is 3.15. The van der Waals surface area contributed by atoms with E-state index >= 15 is 0 Å². The molecule has 28 heavy (non-hydrogen) atoms. The van der Waals surface area contributed by atoms with Crippen LogP contribution in [0.4, 0.5) is 0 Å². The number of hydrogen-bond acceptors (Lipinski definition) is 1. The second-order valence-corrected chi connectivity index (χ2v) is 17.5. The monoisotopic (exact) mass is 406 g/mol. The van der Waals surface area contributed by atoms with Gasteiger partial charge in [0.15, 0.2) is 0 Å². The van der Waals surface area contributed by atoms with E-state index in [4.69, 9.17) is 4.74 Å². The van der Waals surface area contributed by atoms with E-state index in [-0.39, 0.29) is 0 Å². The lowest BCUT2D eigenvalue weighted by Gasteiger charge is -2.42. The third-order valence-electron chi connectivity index (χ3n) is 10.2. The molecule has 3 fully saturated rings. The van der Waals surface area contributed by atoms with Gasteiger partial charge in [0, 0.05) is 0 Å². The van der Waals surface area contributed by atoms with Crippen LogP contribution in [0.1, 0.15) is 87.0 Å². The Morgan fingerprint density at radius 2 is 1.36 bits per heavy atom. The average molecular weight is 407 g/mol. The van der Waals surface area contributed by atoms with Gasteiger partial charge in [-0.1, -0.05) is 74.4 Å². The summed E-state index contributed by atoms with van der Waals surface area (Å²) in [5.41, 5.74) is 1.97. The Bertz CT molecular complexity index is 501. The standard InChI is InChI=1S/C26H50OSi/c1-16(2)24-13-10-17(3)14-25(24)27-22-11-12-23(15-22)28(8,9)26-20(6)18(4)19(5)21(26)7/h16-26H,10-15H2,1-9H3/t17-,18?,19?,20?,21?,22?,23?,24+,25+,26?/m1/s1. The summed E-state index contributed by atoms with van der Waals surface area (Å²) in [5, 5.41) is 0. The van der Waals surface area contributed by atoms with Crippen molar-refractivity contribution in [3.63, 3.8) is 0 Å². The van der Waals surface area contributed by atoms with Crippen LogP contribution in [0.15, 0.2) is 0 Å². The Balaban J connectivity index is 1.64. The van der Waals surface area contributed by atoms with E-state index in [1.54, 1.807) is 0 Å². The highest BCUT2D eigenvalue weighted by molar-refractivity contribution is 6.80. The van der Waals surface area contributed by atoms with E-state index in [9.17, 15) is 0 Å². The van der Waals surface area contributed by atoms with E-state index in [2.05, 4.69) is 61.6 Å². The predicted molar refractivity (Wildman–Crippen MR) is 125 cm³/mol. The van der Waals surface area contributed by atoms with Crippen LogP contribution in [0.5, 0.6) is 0 Å². The zero-order valence-corrected chi connectivity index (χ0v) is 21.5. The van der Waals surface area contributed by atoms with E-state index in [1.165, 1.54) is 38.5 Å². The zero-order chi connectivity index (χ0) is 20.8. The molecule has 0 aliphatic heterocycles. The first-order valence-electron chi connectivity index (χ1n) is 12.7. The Kier molecular flexibility index (Phi) is 7.13. The third-order valence-corrected chi connectivity index (χ3v) is 15.6. The molecule has 0 aromatic carbocycles. The fourth-order valence-corrected chi connectivity index (χ4v) is 13.6. The highest BCUT2D eigenvalue weighted by Gasteiger charge is 2.53. The van der Waals surface area contributed by atoms with Gasteiger partial charge in [0.05, 0.1) is 20.3 Å². The largest absolute Gasteiger partial charge is 0.375 e. The normalized spacial score (nSPS) is 47.8. The van der Waals surface area contributed by atoms with Gasteiger partial charge in [-0.2, -0.15) is 0 Å². The molecule has 0 amide bonds. The van der Waals surface area contributed by atoms with Gasteiger partial charge in [0.1, 0.15) is 0 Å². The molecule has 164 valence electrons. The second-order valence-electron chi connectivity index (χ2n) is 12.4.